The van der Waals surface area contributed by atoms with Crippen LogP contribution in [-0.2, 0) is 9.59 Å². The molecule has 0 aromatic carbocycles. The summed E-state index contributed by atoms with van der Waals surface area (Å²) in [4.78, 5) is 26.2. The Morgan fingerprint density at radius 2 is 1.90 bits per heavy atom. The lowest BCUT2D eigenvalue weighted by Gasteiger charge is -2.44. The normalized spacial score (nSPS) is 25.5. The van der Waals surface area contributed by atoms with Gasteiger partial charge in [-0.25, -0.2) is 0 Å². The van der Waals surface area contributed by atoms with Crippen LogP contribution in [-0.4, -0.2) is 41.0 Å². The van der Waals surface area contributed by atoms with Crippen molar-refractivity contribution < 1.29 is 22.8 Å². The molecule has 1 spiro atoms. The average Bonchev–Trinajstić information content (AvgIpc) is 2.83. The third-order valence-corrected chi connectivity index (χ3v) is 4.41. The first-order chi connectivity index (χ1) is 9.79. The summed E-state index contributed by atoms with van der Waals surface area (Å²) in [6.45, 7) is 1.76. The second kappa shape index (κ2) is 5.85. The summed E-state index contributed by atoms with van der Waals surface area (Å²) in [5.74, 6) is -0.431. The SMILES string of the molecule is CCC1C(=O)NC2(CCCC2)C(=O)N1CCCC(F)(F)F. The van der Waals surface area contributed by atoms with Gasteiger partial charge in [0, 0.05) is 13.0 Å². The topological polar surface area (TPSA) is 49.4 Å². The van der Waals surface area contributed by atoms with Crippen LogP contribution in [0.4, 0.5) is 13.2 Å². The molecule has 1 aliphatic carbocycles. The lowest BCUT2D eigenvalue weighted by atomic mass is 9.90. The molecular weight excluding hydrogens is 285 g/mol. The molecular formula is C14H21F3N2O2. The van der Waals surface area contributed by atoms with Crippen LogP contribution in [0.25, 0.3) is 0 Å². The Labute approximate surface area is 122 Å². The first-order valence-corrected chi connectivity index (χ1v) is 7.49. The van der Waals surface area contributed by atoms with Gasteiger partial charge in [0.25, 0.3) is 0 Å². The van der Waals surface area contributed by atoms with Crippen molar-refractivity contribution in [3.63, 3.8) is 0 Å². The van der Waals surface area contributed by atoms with Crippen LogP contribution in [0.2, 0.25) is 0 Å². The van der Waals surface area contributed by atoms with Gasteiger partial charge in [-0.2, -0.15) is 13.2 Å². The maximum atomic E-state index is 12.6. The van der Waals surface area contributed by atoms with Gasteiger partial charge in [-0.15, -0.1) is 0 Å². The quantitative estimate of drug-likeness (QED) is 0.867. The molecule has 0 bridgehead atoms. The molecule has 2 rings (SSSR count). The summed E-state index contributed by atoms with van der Waals surface area (Å²) in [5.41, 5.74) is -0.860. The molecule has 120 valence electrons. The van der Waals surface area contributed by atoms with E-state index in [0.717, 1.165) is 12.8 Å². The van der Waals surface area contributed by atoms with Gasteiger partial charge >= 0.3 is 6.18 Å². The summed E-state index contributed by atoms with van der Waals surface area (Å²) in [5, 5.41) is 2.83. The Morgan fingerprint density at radius 1 is 1.29 bits per heavy atom. The minimum Gasteiger partial charge on any atom is -0.340 e. The summed E-state index contributed by atoms with van der Waals surface area (Å²) in [6, 6.07) is -0.642. The molecule has 1 heterocycles. The standard InChI is InChI=1S/C14H21F3N2O2/c1-2-10-11(20)18-13(6-3-4-7-13)12(21)19(10)9-5-8-14(15,16)17/h10H,2-9H2,1H3,(H,18,20). The Balaban J connectivity index is 2.10. The lowest BCUT2D eigenvalue weighted by molar-refractivity contribution is -0.157. The van der Waals surface area contributed by atoms with Crippen LogP contribution in [0.3, 0.4) is 0 Å². The highest BCUT2D eigenvalue weighted by atomic mass is 19.4. The fourth-order valence-electron chi connectivity index (χ4n) is 3.36. The van der Waals surface area contributed by atoms with Crippen LogP contribution in [0.5, 0.6) is 0 Å². The number of rotatable bonds is 4. The predicted molar refractivity (Wildman–Crippen MR) is 70.4 cm³/mol. The Kier molecular flexibility index (Phi) is 4.49. The predicted octanol–water partition coefficient (Wildman–Crippen LogP) is 2.38. The number of alkyl halides is 3. The molecule has 4 nitrogen and oxygen atoms in total. The summed E-state index contributed by atoms with van der Waals surface area (Å²) in [6.07, 6.45) is -2.00. The monoisotopic (exact) mass is 306 g/mol. The maximum absolute atomic E-state index is 12.6. The molecule has 1 unspecified atom stereocenters. The summed E-state index contributed by atoms with van der Waals surface area (Å²) < 4.78 is 36.8. The third-order valence-electron chi connectivity index (χ3n) is 4.41. The number of carbonyl (C=O) groups excluding carboxylic acids is 2. The molecule has 21 heavy (non-hydrogen) atoms. The van der Waals surface area contributed by atoms with E-state index in [-0.39, 0.29) is 24.8 Å². The average molecular weight is 306 g/mol. The fraction of sp³-hybridized carbons (Fsp3) is 0.857. The molecule has 1 saturated carbocycles. The zero-order valence-electron chi connectivity index (χ0n) is 12.1. The maximum Gasteiger partial charge on any atom is 0.389 e. The van der Waals surface area contributed by atoms with E-state index in [1.54, 1.807) is 6.92 Å². The molecule has 2 aliphatic rings. The van der Waals surface area contributed by atoms with Crippen molar-refractivity contribution in [1.82, 2.24) is 10.2 Å². The first-order valence-electron chi connectivity index (χ1n) is 7.49. The molecule has 0 radical (unpaired) electrons. The number of carbonyl (C=O) groups is 2. The van der Waals surface area contributed by atoms with Gasteiger partial charge in [0.05, 0.1) is 0 Å². The minimum absolute atomic E-state index is 0.00792. The molecule has 1 saturated heterocycles. The zero-order chi connectivity index (χ0) is 15.7. The molecule has 7 heteroatoms. The van der Waals surface area contributed by atoms with Crippen LogP contribution in [0.1, 0.15) is 51.9 Å². The van der Waals surface area contributed by atoms with Crippen LogP contribution in [0, 0.1) is 0 Å². The zero-order valence-corrected chi connectivity index (χ0v) is 12.1. The highest BCUT2D eigenvalue weighted by Gasteiger charge is 2.51. The van der Waals surface area contributed by atoms with Gasteiger partial charge in [-0.05, 0) is 25.7 Å². The molecule has 0 aromatic heterocycles. The number of hydrogen-bond acceptors (Lipinski definition) is 2. The molecule has 0 aromatic rings. The van der Waals surface area contributed by atoms with E-state index in [1.807, 2.05) is 0 Å². The smallest absolute Gasteiger partial charge is 0.340 e. The van der Waals surface area contributed by atoms with E-state index in [9.17, 15) is 22.8 Å². The highest BCUT2D eigenvalue weighted by molar-refractivity contribution is 6.00. The largest absolute Gasteiger partial charge is 0.389 e. The van der Waals surface area contributed by atoms with Crippen molar-refractivity contribution in [2.45, 2.75) is 69.6 Å². The van der Waals surface area contributed by atoms with E-state index in [1.165, 1.54) is 4.90 Å². The van der Waals surface area contributed by atoms with Crippen molar-refractivity contribution in [1.29, 1.82) is 0 Å². The minimum atomic E-state index is -4.23. The number of nitrogens with one attached hydrogen (secondary N) is 1. The van der Waals surface area contributed by atoms with Gasteiger partial charge in [-0.1, -0.05) is 19.8 Å². The molecule has 2 amide bonds. The Morgan fingerprint density at radius 3 is 2.43 bits per heavy atom. The first kappa shape index (κ1) is 16.1. The van der Waals surface area contributed by atoms with Crippen LogP contribution in [0.15, 0.2) is 0 Å². The molecule has 1 atom stereocenters. The van der Waals surface area contributed by atoms with Crippen molar-refractivity contribution in [2.24, 2.45) is 0 Å². The molecule has 2 fully saturated rings. The summed E-state index contributed by atoms with van der Waals surface area (Å²) in [7, 11) is 0. The number of halogens is 3. The van der Waals surface area contributed by atoms with Crippen molar-refractivity contribution in [3.8, 4) is 0 Å². The summed E-state index contributed by atoms with van der Waals surface area (Å²) >= 11 is 0. The third kappa shape index (κ3) is 3.32. The lowest BCUT2D eigenvalue weighted by Crippen LogP contribution is -2.69. The van der Waals surface area contributed by atoms with E-state index in [2.05, 4.69) is 5.32 Å². The molecule has 1 aliphatic heterocycles. The van der Waals surface area contributed by atoms with Gasteiger partial charge < -0.3 is 10.2 Å². The highest BCUT2D eigenvalue weighted by Crippen LogP contribution is 2.35. The number of amides is 2. The van der Waals surface area contributed by atoms with Gasteiger partial charge in [0.1, 0.15) is 11.6 Å². The van der Waals surface area contributed by atoms with E-state index < -0.39 is 24.2 Å². The van der Waals surface area contributed by atoms with E-state index in [0.29, 0.717) is 19.3 Å². The number of piperazine rings is 1. The van der Waals surface area contributed by atoms with Gasteiger partial charge in [0.2, 0.25) is 11.8 Å². The number of hydrogen-bond donors (Lipinski definition) is 1. The Hall–Kier alpha value is -1.27. The van der Waals surface area contributed by atoms with Gasteiger partial charge in [-0.3, -0.25) is 9.59 Å². The number of nitrogens with zero attached hydrogens (tertiary/aromatic N) is 1. The van der Waals surface area contributed by atoms with E-state index >= 15 is 0 Å². The van der Waals surface area contributed by atoms with Crippen molar-refractivity contribution in [2.75, 3.05) is 6.54 Å². The Bertz CT molecular complexity index is 417. The van der Waals surface area contributed by atoms with Crippen LogP contribution < -0.4 is 5.32 Å². The second-order valence-electron chi connectivity index (χ2n) is 5.92. The van der Waals surface area contributed by atoms with Crippen molar-refractivity contribution in [3.05, 3.63) is 0 Å². The van der Waals surface area contributed by atoms with Crippen molar-refractivity contribution >= 4 is 11.8 Å². The second-order valence-corrected chi connectivity index (χ2v) is 5.92. The fourth-order valence-corrected chi connectivity index (χ4v) is 3.36. The molecule has 1 N–H and O–H groups in total. The van der Waals surface area contributed by atoms with Crippen LogP contribution >= 0.6 is 0 Å². The van der Waals surface area contributed by atoms with E-state index in [4.69, 9.17) is 0 Å². The van der Waals surface area contributed by atoms with Gasteiger partial charge in [0.15, 0.2) is 0 Å².